The number of rotatable bonds is 2. The second-order valence-electron chi connectivity index (χ2n) is 5.26. The van der Waals surface area contributed by atoms with Gasteiger partial charge < -0.3 is 9.47 Å². The first kappa shape index (κ1) is 14.5. The minimum absolute atomic E-state index is 0.153. The quantitative estimate of drug-likeness (QED) is 0.709. The largest absolute Gasteiger partial charge is 0.463 e. The van der Waals surface area contributed by atoms with Gasteiger partial charge >= 0.3 is 12.1 Å². The Balaban J connectivity index is 2.64. The fourth-order valence-corrected chi connectivity index (χ4v) is 1.67. The number of hydrogen-bond donors (Lipinski definition) is 0. The minimum Gasteiger partial charge on any atom is -0.463 e. The standard InChI is InChI=1S/C13H21NO4/c1-6-17-11(15)10-7-9(2)14(8-10)12(16)18-13(3,4)5/h7,9H,6,8H2,1-5H3. The van der Waals surface area contributed by atoms with Crippen LogP contribution in [0.4, 0.5) is 4.79 Å². The Kier molecular flexibility index (Phi) is 4.38. The van der Waals surface area contributed by atoms with Crippen LogP contribution in [0, 0.1) is 0 Å². The van der Waals surface area contributed by atoms with Gasteiger partial charge in [-0.1, -0.05) is 0 Å². The van der Waals surface area contributed by atoms with E-state index in [1.807, 2.05) is 27.7 Å². The molecule has 0 N–H and O–H groups in total. The molecule has 18 heavy (non-hydrogen) atoms. The first-order valence-electron chi connectivity index (χ1n) is 6.12. The smallest absolute Gasteiger partial charge is 0.411 e. The van der Waals surface area contributed by atoms with Gasteiger partial charge in [0.25, 0.3) is 0 Å². The van der Waals surface area contributed by atoms with Crippen LogP contribution in [0.15, 0.2) is 11.6 Å². The summed E-state index contributed by atoms with van der Waals surface area (Å²) in [5.41, 5.74) is -0.0288. The van der Waals surface area contributed by atoms with Crippen LogP contribution in [0.2, 0.25) is 0 Å². The van der Waals surface area contributed by atoms with Gasteiger partial charge in [0.2, 0.25) is 0 Å². The summed E-state index contributed by atoms with van der Waals surface area (Å²) in [6.07, 6.45) is 1.33. The number of carbonyl (C=O) groups is 2. The summed E-state index contributed by atoms with van der Waals surface area (Å²) in [4.78, 5) is 25.0. The average Bonchev–Trinajstić information content (AvgIpc) is 2.58. The van der Waals surface area contributed by atoms with Crippen molar-refractivity contribution in [1.82, 2.24) is 4.90 Å². The van der Waals surface area contributed by atoms with Crippen molar-refractivity contribution in [3.63, 3.8) is 0 Å². The van der Waals surface area contributed by atoms with Crippen LogP contribution in [0.25, 0.3) is 0 Å². The third-order valence-electron chi connectivity index (χ3n) is 2.44. The fraction of sp³-hybridized carbons (Fsp3) is 0.692. The third-order valence-corrected chi connectivity index (χ3v) is 2.44. The lowest BCUT2D eigenvalue weighted by molar-refractivity contribution is -0.138. The van der Waals surface area contributed by atoms with Crippen LogP contribution in [0.3, 0.4) is 0 Å². The molecular weight excluding hydrogens is 234 g/mol. The topological polar surface area (TPSA) is 55.8 Å². The maximum Gasteiger partial charge on any atom is 0.411 e. The van der Waals surface area contributed by atoms with E-state index in [4.69, 9.17) is 9.47 Å². The van der Waals surface area contributed by atoms with Gasteiger partial charge in [0.15, 0.2) is 0 Å². The van der Waals surface area contributed by atoms with Crippen LogP contribution in [-0.2, 0) is 14.3 Å². The molecular formula is C13H21NO4. The normalized spacial score (nSPS) is 19.5. The first-order chi connectivity index (χ1) is 8.24. The van der Waals surface area contributed by atoms with Gasteiger partial charge in [0.05, 0.1) is 24.8 Å². The van der Waals surface area contributed by atoms with Crippen LogP contribution < -0.4 is 0 Å². The summed E-state index contributed by atoms with van der Waals surface area (Å²) in [6.45, 7) is 9.60. The third kappa shape index (κ3) is 3.75. The Morgan fingerprint density at radius 2 is 2.06 bits per heavy atom. The molecule has 0 aromatic heterocycles. The molecule has 0 aliphatic carbocycles. The first-order valence-corrected chi connectivity index (χ1v) is 6.12. The zero-order valence-corrected chi connectivity index (χ0v) is 11.6. The van der Waals surface area contributed by atoms with Gasteiger partial charge in [-0.3, -0.25) is 4.90 Å². The molecule has 1 aliphatic rings. The molecule has 1 rings (SSSR count). The van der Waals surface area contributed by atoms with Crippen molar-refractivity contribution in [2.75, 3.05) is 13.2 Å². The summed E-state index contributed by atoms with van der Waals surface area (Å²) in [5, 5.41) is 0. The Labute approximate surface area is 108 Å². The highest BCUT2D eigenvalue weighted by Crippen LogP contribution is 2.20. The van der Waals surface area contributed by atoms with Crippen LogP contribution in [0.5, 0.6) is 0 Å². The second-order valence-corrected chi connectivity index (χ2v) is 5.26. The summed E-state index contributed by atoms with van der Waals surface area (Å²) in [6, 6.07) is -0.153. The highest BCUT2D eigenvalue weighted by atomic mass is 16.6. The SMILES string of the molecule is CCOC(=O)C1=CC(C)N(C(=O)OC(C)(C)C)C1. The van der Waals surface area contributed by atoms with E-state index in [1.165, 1.54) is 4.90 Å². The Morgan fingerprint density at radius 3 is 2.56 bits per heavy atom. The predicted octanol–water partition coefficient (Wildman–Crippen LogP) is 2.12. The molecule has 5 heteroatoms. The lowest BCUT2D eigenvalue weighted by atomic mass is 10.2. The maximum absolute atomic E-state index is 11.9. The molecule has 0 spiro atoms. The van der Waals surface area contributed by atoms with Crippen LogP contribution in [-0.4, -0.2) is 41.8 Å². The van der Waals surface area contributed by atoms with Gasteiger partial charge in [0, 0.05) is 0 Å². The van der Waals surface area contributed by atoms with Crippen LogP contribution >= 0.6 is 0 Å². The molecule has 0 aromatic carbocycles. The number of carbonyl (C=O) groups excluding carboxylic acids is 2. The molecule has 0 aromatic rings. The number of amides is 1. The number of hydrogen-bond acceptors (Lipinski definition) is 4. The molecule has 0 radical (unpaired) electrons. The molecule has 1 aliphatic heterocycles. The molecule has 0 saturated carbocycles. The molecule has 1 heterocycles. The lowest BCUT2D eigenvalue weighted by Gasteiger charge is -2.27. The van der Waals surface area contributed by atoms with E-state index in [2.05, 4.69) is 0 Å². The van der Waals surface area contributed by atoms with Crippen molar-refractivity contribution in [3.8, 4) is 0 Å². The molecule has 1 unspecified atom stereocenters. The lowest BCUT2D eigenvalue weighted by Crippen LogP contribution is -2.39. The van der Waals surface area contributed by atoms with Gasteiger partial charge in [-0.2, -0.15) is 0 Å². The Hall–Kier alpha value is -1.52. The Morgan fingerprint density at radius 1 is 1.44 bits per heavy atom. The van der Waals surface area contributed by atoms with E-state index in [0.717, 1.165) is 0 Å². The number of esters is 1. The van der Waals surface area contributed by atoms with Crippen molar-refractivity contribution in [1.29, 1.82) is 0 Å². The summed E-state index contributed by atoms with van der Waals surface area (Å²) in [5.74, 6) is -0.365. The molecule has 102 valence electrons. The zero-order chi connectivity index (χ0) is 13.9. The fourth-order valence-electron chi connectivity index (χ4n) is 1.67. The second kappa shape index (κ2) is 5.42. The monoisotopic (exact) mass is 255 g/mol. The van der Waals surface area contributed by atoms with Crippen molar-refractivity contribution >= 4 is 12.1 Å². The van der Waals surface area contributed by atoms with E-state index in [9.17, 15) is 9.59 Å². The van der Waals surface area contributed by atoms with Crippen LogP contribution in [0.1, 0.15) is 34.6 Å². The zero-order valence-electron chi connectivity index (χ0n) is 11.6. The molecule has 5 nitrogen and oxygen atoms in total. The van der Waals surface area contributed by atoms with E-state index in [-0.39, 0.29) is 18.6 Å². The van der Waals surface area contributed by atoms with Crippen molar-refractivity contribution in [3.05, 3.63) is 11.6 Å². The van der Waals surface area contributed by atoms with Gasteiger partial charge in [-0.05, 0) is 40.7 Å². The predicted molar refractivity (Wildman–Crippen MR) is 67.1 cm³/mol. The van der Waals surface area contributed by atoms with E-state index >= 15 is 0 Å². The summed E-state index contributed by atoms with van der Waals surface area (Å²) < 4.78 is 10.2. The van der Waals surface area contributed by atoms with E-state index in [0.29, 0.717) is 12.2 Å². The van der Waals surface area contributed by atoms with E-state index in [1.54, 1.807) is 13.0 Å². The maximum atomic E-state index is 11.9. The van der Waals surface area contributed by atoms with Crippen molar-refractivity contribution < 1.29 is 19.1 Å². The van der Waals surface area contributed by atoms with Gasteiger partial charge in [0.1, 0.15) is 5.60 Å². The van der Waals surface area contributed by atoms with E-state index < -0.39 is 11.7 Å². The number of ether oxygens (including phenoxy) is 2. The van der Waals surface area contributed by atoms with Crippen molar-refractivity contribution in [2.24, 2.45) is 0 Å². The highest BCUT2D eigenvalue weighted by molar-refractivity contribution is 5.91. The molecule has 0 fully saturated rings. The van der Waals surface area contributed by atoms with Crippen molar-refractivity contribution in [2.45, 2.75) is 46.3 Å². The highest BCUT2D eigenvalue weighted by Gasteiger charge is 2.32. The molecule has 1 amide bonds. The summed E-state index contributed by atoms with van der Waals surface area (Å²) in [7, 11) is 0. The average molecular weight is 255 g/mol. The molecule has 1 atom stereocenters. The van der Waals surface area contributed by atoms with Gasteiger partial charge in [-0.15, -0.1) is 0 Å². The minimum atomic E-state index is -0.538. The Bertz CT molecular complexity index is 368. The summed E-state index contributed by atoms with van der Waals surface area (Å²) >= 11 is 0. The van der Waals surface area contributed by atoms with Gasteiger partial charge in [-0.25, -0.2) is 9.59 Å². The number of nitrogens with zero attached hydrogens (tertiary/aromatic N) is 1. The molecule has 0 saturated heterocycles. The molecule has 0 bridgehead atoms.